The zero-order valence-corrected chi connectivity index (χ0v) is 14.3. The Morgan fingerprint density at radius 1 is 1.45 bits per heavy atom. The van der Waals surface area contributed by atoms with E-state index in [-0.39, 0.29) is 0 Å². The van der Waals surface area contributed by atoms with Crippen LogP contribution in [0, 0.1) is 10.9 Å². The molecular formula is C13H14N4O2S3. The van der Waals surface area contributed by atoms with Gasteiger partial charge in [0, 0.05) is 0 Å². The van der Waals surface area contributed by atoms with Crippen molar-refractivity contribution < 1.29 is 9.59 Å². The van der Waals surface area contributed by atoms with Gasteiger partial charge in [0.05, 0.1) is 10.9 Å². The summed E-state index contributed by atoms with van der Waals surface area (Å²) < 4.78 is 2.93. The first-order chi connectivity index (χ1) is 10.4. The summed E-state index contributed by atoms with van der Waals surface area (Å²) >= 11 is 7.88. The number of nitrogens with zero attached hydrogens (tertiary/aromatic N) is 2. The molecule has 9 heteroatoms. The van der Waals surface area contributed by atoms with Crippen LogP contribution < -0.4 is 11.1 Å². The molecule has 0 spiro atoms. The van der Waals surface area contributed by atoms with Gasteiger partial charge in [0.2, 0.25) is 5.91 Å². The quantitative estimate of drug-likeness (QED) is 0.651. The van der Waals surface area contributed by atoms with Crippen LogP contribution in [0.1, 0.15) is 12.5 Å². The number of aromatic nitrogens is 2. The molecule has 0 unspecified atom stereocenters. The van der Waals surface area contributed by atoms with E-state index in [1.165, 1.54) is 23.1 Å². The molecule has 0 radical (unpaired) electrons. The summed E-state index contributed by atoms with van der Waals surface area (Å²) in [7, 11) is 0. The Kier molecular flexibility index (Phi) is 5.33. The number of thioether (sulfide) groups is 1. The van der Waals surface area contributed by atoms with Gasteiger partial charge in [-0.1, -0.05) is 41.3 Å². The maximum absolute atomic E-state index is 11.7. The Bertz CT molecular complexity index is 769. The number of hydrogen-bond donors (Lipinski definition) is 2. The van der Waals surface area contributed by atoms with E-state index in [1.807, 2.05) is 36.5 Å². The molecule has 0 aliphatic heterocycles. The third-order valence-electron chi connectivity index (χ3n) is 2.77. The molecular weight excluding hydrogens is 340 g/mol. The number of primary amides is 1. The molecule has 3 amide bonds. The van der Waals surface area contributed by atoms with E-state index in [2.05, 4.69) is 5.10 Å². The highest BCUT2D eigenvalue weighted by Crippen LogP contribution is 2.28. The van der Waals surface area contributed by atoms with Crippen molar-refractivity contribution >= 4 is 47.3 Å². The molecule has 2 aromatic rings. The molecule has 0 saturated carbocycles. The number of benzene rings is 1. The molecule has 1 aromatic heterocycles. The second-order valence-corrected chi connectivity index (χ2v) is 7.66. The van der Waals surface area contributed by atoms with E-state index < -0.39 is 17.2 Å². The molecule has 3 N–H and O–H groups in total. The van der Waals surface area contributed by atoms with Crippen molar-refractivity contribution in [3.05, 3.63) is 33.8 Å². The smallest absolute Gasteiger partial charge is 0.318 e. The fourth-order valence-corrected chi connectivity index (χ4v) is 4.18. The molecule has 1 heterocycles. The Balaban J connectivity index is 2.20. The number of rotatable bonds is 4. The van der Waals surface area contributed by atoms with Crippen LogP contribution in [0.5, 0.6) is 0 Å². The lowest BCUT2D eigenvalue weighted by molar-refractivity contribution is -0.119. The average molecular weight is 354 g/mol. The number of hydrogen-bond acceptors (Lipinski definition) is 6. The minimum atomic E-state index is -0.865. The van der Waals surface area contributed by atoms with Crippen LogP contribution in [0.3, 0.4) is 0 Å². The Morgan fingerprint density at radius 3 is 2.77 bits per heavy atom. The van der Waals surface area contributed by atoms with Gasteiger partial charge in [-0.05, 0) is 37.7 Å². The summed E-state index contributed by atoms with van der Waals surface area (Å²) in [4.78, 5) is 22.4. The lowest BCUT2D eigenvalue weighted by Gasteiger charge is -2.07. The average Bonchev–Trinajstić information content (AvgIpc) is 2.79. The lowest BCUT2D eigenvalue weighted by Crippen LogP contribution is -2.39. The first-order valence-electron chi connectivity index (χ1n) is 6.31. The van der Waals surface area contributed by atoms with Gasteiger partial charge in [0.25, 0.3) is 0 Å². The molecule has 0 fully saturated rings. The van der Waals surface area contributed by atoms with Gasteiger partial charge >= 0.3 is 6.03 Å². The van der Waals surface area contributed by atoms with Gasteiger partial charge in [-0.15, -0.1) is 5.10 Å². The van der Waals surface area contributed by atoms with Crippen molar-refractivity contribution in [2.24, 2.45) is 5.73 Å². The third-order valence-corrected chi connectivity index (χ3v) is 5.18. The standard InChI is InChI=1S/C13H14N4O2S3/c1-7-5-3-4-6-9(7)17-13(20)22-12(16-17)21-8(2)10(18)15-11(14)19/h3-6,8H,1-2H3,(H3,14,15,18,19)/t8-/m1/s1. The minimum absolute atomic E-state index is 0.457. The molecule has 2 rings (SSSR count). The molecule has 0 bridgehead atoms. The van der Waals surface area contributed by atoms with E-state index >= 15 is 0 Å². The van der Waals surface area contributed by atoms with Crippen LogP contribution >= 0.6 is 35.3 Å². The lowest BCUT2D eigenvalue weighted by atomic mass is 10.2. The Hall–Kier alpha value is -1.71. The molecule has 22 heavy (non-hydrogen) atoms. The largest absolute Gasteiger partial charge is 0.351 e. The summed E-state index contributed by atoms with van der Waals surface area (Å²) in [5.74, 6) is -0.457. The van der Waals surface area contributed by atoms with Crippen molar-refractivity contribution in [3.63, 3.8) is 0 Å². The van der Waals surface area contributed by atoms with E-state index in [0.29, 0.717) is 8.29 Å². The highest BCUT2D eigenvalue weighted by Gasteiger charge is 2.18. The second-order valence-electron chi connectivity index (χ2n) is 4.45. The number of amides is 3. The topological polar surface area (TPSA) is 90.0 Å². The summed E-state index contributed by atoms with van der Waals surface area (Å²) in [6.45, 7) is 3.65. The highest BCUT2D eigenvalue weighted by molar-refractivity contribution is 8.02. The SMILES string of the molecule is Cc1ccccc1-n1nc(S[C@H](C)C(=O)NC(N)=O)sc1=S. The van der Waals surface area contributed by atoms with Gasteiger partial charge in [-0.3, -0.25) is 10.1 Å². The molecule has 0 aliphatic carbocycles. The number of nitrogens with two attached hydrogens (primary N) is 1. The van der Waals surface area contributed by atoms with Crippen molar-refractivity contribution in [2.75, 3.05) is 0 Å². The molecule has 0 saturated heterocycles. The molecule has 116 valence electrons. The zero-order chi connectivity index (χ0) is 16.3. The van der Waals surface area contributed by atoms with Crippen molar-refractivity contribution in [3.8, 4) is 5.69 Å². The molecule has 1 aromatic carbocycles. The van der Waals surface area contributed by atoms with Crippen LogP contribution in [-0.4, -0.2) is 27.0 Å². The predicted molar refractivity (Wildman–Crippen MR) is 90.1 cm³/mol. The maximum atomic E-state index is 11.7. The minimum Gasteiger partial charge on any atom is -0.351 e. The first-order valence-corrected chi connectivity index (χ1v) is 8.42. The third kappa shape index (κ3) is 3.93. The normalized spacial score (nSPS) is 11.9. The van der Waals surface area contributed by atoms with Crippen LogP contribution in [0.15, 0.2) is 28.6 Å². The van der Waals surface area contributed by atoms with Crippen LogP contribution in [-0.2, 0) is 4.79 Å². The highest BCUT2D eigenvalue weighted by atomic mass is 32.2. The number of para-hydroxylation sites is 1. The second kappa shape index (κ2) is 7.03. The fourth-order valence-electron chi connectivity index (χ4n) is 1.69. The van der Waals surface area contributed by atoms with Gasteiger partial charge < -0.3 is 5.73 Å². The zero-order valence-electron chi connectivity index (χ0n) is 11.9. The molecule has 0 aliphatic rings. The van der Waals surface area contributed by atoms with E-state index in [1.54, 1.807) is 11.6 Å². The summed E-state index contributed by atoms with van der Waals surface area (Å²) in [6, 6.07) is 6.91. The number of urea groups is 1. The Morgan fingerprint density at radius 2 is 2.14 bits per heavy atom. The van der Waals surface area contributed by atoms with Crippen LogP contribution in [0.4, 0.5) is 4.79 Å². The monoisotopic (exact) mass is 354 g/mol. The number of carbonyl (C=O) groups excluding carboxylic acids is 2. The fraction of sp³-hybridized carbons (Fsp3) is 0.231. The molecule has 6 nitrogen and oxygen atoms in total. The predicted octanol–water partition coefficient (Wildman–Crippen LogP) is 2.65. The van der Waals surface area contributed by atoms with Crippen molar-refractivity contribution in [2.45, 2.75) is 23.4 Å². The van der Waals surface area contributed by atoms with Crippen LogP contribution in [0.25, 0.3) is 5.69 Å². The maximum Gasteiger partial charge on any atom is 0.318 e. The van der Waals surface area contributed by atoms with Crippen molar-refractivity contribution in [1.29, 1.82) is 0 Å². The van der Waals surface area contributed by atoms with Gasteiger partial charge in [0.15, 0.2) is 8.29 Å². The number of carbonyl (C=O) groups is 2. The van der Waals surface area contributed by atoms with Gasteiger partial charge in [0.1, 0.15) is 0 Å². The van der Waals surface area contributed by atoms with Gasteiger partial charge in [-0.25, -0.2) is 9.48 Å². The number of nitrogens with one attached hydrogen (secondary N) is 1. The molecule has 1 atom stereocenters. The van der Waals surface area contributed by atoms with Crippen LogP contribution in [0.2, 0.25) is 0 Å². The van der Waals surface area contributed by atoms with E-state index in [0.717, 1.165) is 11.3 Å². The first kappa shape index (κ1) is 16.7. The summed E-state index contributed by atoms with van der Waals surface area (Å²) in [5.41, 5.74) is 6.89. The van der Waals surface area contributed by atoms with Crippen molar-refractivity contribution in [1.82, 2.24) is 15.1 Å². The van der Waals surface area contributed by atoms with E-state index in [4.69, 9.17) is 18.0 Å². The summed E-state index contributed by atoms with van der Waals surface area (Å²) in [6.07, 6.45) is 0. The number of imide groups is 1. The van der Waals surface area contributed by atoms with E-state index in [9.17, 15) is 9.59 Å². The Labute approximate surface area is 140 Å². The van der Waals surface area contributed by atoms with Gasteiger partial charge in [-0.2, -0.15) is 0 Å². The summed E-state index contributed by atoms with van der Waals surface area (Å²) in [5, 5.41) is 5.99. The number of aryl methyl sites for hydroxylation is 1.